The molecule has 0 aliphatic rings. The summed E-state index contributed by atoms with van der Waals surface area (Å²) in [5, 5.41) is 3.80. The number of Topliss-reactive ketones (excluding diaryl/α,β-unsaturated/α-hetero) is 1. The number of ketones is 1. The topological polar surface area (TPSA) is 43.1 Å². The molecule has 1 aromatic heterocycles. The largest absolute Gasteiger partial charge is 0.330 e. The first-order valence-electron chi connectivity index (χ1n) is 4.66. The summed E-state index contributed by atoms with van der Waals surface area (Å²) in [7, 11) is 0. The molecule has 0 aliphatic carbocycles. The fourth-order valence-electron chi connectivity index (χ4n) is 1.38. The smallest absolute Gasteiger partial charge is 0.169 e. The van der Waals surface area contributed by atoms with Crippen molar-refractivity contribution >= 4 is 33.0 Å². The standard InChI is InChI=1S/C10H14BrNOS/c1-2-3-7(4-12)10(13)8-5-14-6-9(8)11/h5-7H,2-4,12H2,1H3. The van der Waals surface area contributed by atoms with Crippen LogP contribution in [0.4, 0.5) is 0 Å². The minimum atomic E-state index is -0.0223. The predicted octanol–water partition coefficient (Wildman–Crippen LogP) is 3.07. The van der Waals surface area contributed by atoms with Gasteiger partial charge in [-0.3, -0.25) is 4.79 Å². The van der Waals surface area contributed by atoms with E-state index in [0.717, 1.165) is 22.9 Å². The Morgan fingerprint density at radius 3 is 2.79 bits per heavy atom. The third-order valence-electron chi connectivity index (χ3n) is 2.17. The molecule has 0 fully saturated rings. The summed E-state index contributed by atoms with van der Waals surface area (Å²) < 4.78 is 0.891. The second-order valence-electron chi connectivity index (χ2n) is 3.22. The lowest BCUT2D eigenvalue weighted by Crippen LogP contribution is -2.23. The molecule has 0 saturated carbocycles. The van der Waals surface area contributed by atoms with Crippen LogP contribution in [0.2, 0.25) is 0 Å². The minimum Gasteiger partial charge on any atom is -0.330 e. The van der Waals surface area contributed by atoms with Gasteiger partial charge in [0.15, 0.2) is 5.78 Å². The summed E-state index contributed by atoms with van der Waals surface area (Å²) in [6.07, 6.45) is 1.87. The molecule has 2 N–H and O–H groups in total. The average Bonchev–Trinajstić information content (AvgIpc) is 2.59. The highest BCUT2D eigenvalue weighted by Gasteiger charge is 2.20. The van der Waals surface area contributed by atoms with Crippen molar-refractivity contribution < 1.29 is 4.79 Å². The summed E-state index contributed by atoms with van der Waals surface area (Å²) in [4.78, 5) is 11.9. The molecule has 0 saturated heterocycles. The number of carbonyl (C=O) groups excluding carboxylic acids is 1. The van der Waals surface area contributed by atoms with Gasteiger partial charge < -0.3 is 5.73 Å². The Morgan fingerprint density at radius 2 is 2.36 bits per heavy atom. The second kappa shape index (κ2) is 5.63. The molecule has 14 heavy (non-hydrogen) atoms. The zero-order valence-electron chi connectivity index (χ0n) is 8.13. The van der Waals surface area contributed by atoms with Crippen LogP contribution in [0.25, 0.3) is 0 Å². The number of carbonyl (C=O) groups is 1. The summed E-state index contributed by atoms with van der Waals surface area (Å²) >= 11 is 4.90. The van der Waals surface area contributed by atoms with Crippen molar-refractivity contribution in [2.45, 2.75) is 19.8 Å². The first-order chi connectivity index (χ1) is 6.70. The van der Waals surface area contributed by atoms with Crippen molar-refractivity contribution in [1.29, 1.82) is 0 Å². The van der Waals surface area contributed by atoms with E-state index in [4.69, 9.17) is 5.73 Å². The van der Waals surface area contributed by atoms with E-state index in [-0.39, 0.29) is 11.7 Å². The highest BCUT2D eigenvalue weighted by molar-refractivity contribution is 9.10. The molecule has 0 aromatic carbocycles. The van der Waals surface area contributed by atoms with Gasteiger partial charge in [0.25, 0.3) is 0 Å². The number of hydrogen-bond donors (Lipinski definition) is 1. The maximum atomic E-state index is 11.9. The molecule has 0 radical (unpaired) electrons. The Morgan fingerprint density at radius 1 is 1.64 bits per heavy atom. The maximum Gasteiger partial charge on any atom is 0.169 e. The molecule has 1 aromatic rings. The van der Waals surface area contributed by atoms with E-state index >= 15 is 0 Å². The minimum absolute atomic E-state index is 0.0223. The van der Waals surface area contributed by atoms with E-state index in [1.54, 1.807) is 0 Å². The number of halogens is 1. The van der Waals surface area contributed by atoms with Crippen LogP contribution in [0, 0.1) is 5.92 Å². The summed E-state index contributed by atoms with van der Waals surface area (Å²) in [5.74, 6) is 0.147. The fourth-order valence-corrected chi connectivity index (χ4v) is 2.86. The molecule has 1 unspecified atom stereocenters. The number of nitrogens with two attached hydrogens (primary N) is 1. The van der Waals surface area contributed by atoms with Crippen LogP contribution in [0.15, 0.2) is 15.2 Å². The molecule has 78 valence electrons. The Bertz CT molecular complexity index is 311. The molecule has 4 heteroatoms. The van der Waals surface area contributed by atoms with E-state index in [1.807, 2.05) is 10.8 Å². The molecule has 1 heterocycles. The van der Waals surface area contributed by atoms with Gasteiger partial charge in [-0.05, 0) is 22.4 Å². The van der Waals surface area contributed by atoms with Crippen molar-refractivity contribution in [3.8, 4) is 0 Å². The third-order valence-corrected chi connectivity index (χ3v) is 3.88. The monoisotopic (exact) mass is 275 g/mol. The van der Waals surface area contributed by atoms with Crippen LogP contribution in [0.1, 0.15) is 30.1 Å². The van der Waals surface area contributed by atoms with Crippen LogP contribution in [0.5, 0.6) is 0 Å². The highest BCUT2D eigenvalue weighted by atomic mass is 79.9. The Labute approximate surface area is 96.6 Å². The predicted molar refractivity (Wildman–Crippen MR) is 63.8 cm³/mol. The van der Waals surface area contributed by atoms with E-state index in [1.165, 1.54) is 11.3 Å². The second-order valence-corrected chi connectivity index (χ2v) is 4.82. The van der Waals surface area contributed by atoms with Crippen LogP contribution >= 0.6 is 27.3 Å². The fraction of sp³-hybridized carbons (Fsp3) is 0.500. The van der Waals surface area contributed by atoms with Crippen molar-refractivity contribution in [3.05, 3.63) is 20.8 Å². The first kappa shape index (κ1) is 11.9. The molecule has 0 spiro atoms. The summed E-state index contributed by atoms with van der Waals surface area (Å²) in [6.45, 7) is 2.51. The molecule has 2 nitrogen and oxygen atoms in total. The van der Waals surface area contributed by atoms with Crippen molar-refractivity contribution in [1.82, 2.24) is 0 Å². The van der Waals surface area contributed by atoms with Gasteiger partial charge in [0.1, 0.15) is 0 Å². The van der Waals surface area contributed by atoms with Gasteiger partial charge in [-0.15, -0.1) is 0 Å². The van der Waals surface area contributed by atoms with E-state index in [9.17, 15) is 4.79 Å². The molecule has 0 bridgehead atoms. The Kier molecular flexibility index (Phi) is 4.78. The lowest BCUT2D eigenvalue weighted by Gasteiger charge is -2.11. The van der Waals surface area contributed by atoms with Crippen LogP contribution < -0.4 is 5.73 Å². The number of thiophene rings is 1. The zero-order valence-corrected chi connectivity index (χ0v) is 10.5. The van der Waals surface area contributed by atoms with Crippen LogP contribution in [-0.2, 0) is 0 Å². The maximum absolute atomic E-state index is 11.9. The Balaban J connectivity index is 2.78. The van der Waals surface area contributed by atoms with Crippen LogP contribution in [-0.4, -0.2) is 12.3 Å². The molecular formula is C10H14BrNOS. The van der Waals surface area contributed by atoms with Gasteiger partial charge in [0, 0.05) is 33.3 Å². The third kappa shape index (κ3) is 2.65. The Hall–Kier alpha value is -0.190. The zero-order chi connectivity index (χ0) is 10.6. The van der Waals surface area contributed by atoms with E-state index in [0.29, 0.717) is 6.54 Å². The molecule has 1 atom stereocenters. The van der Waals surface area contributed by atoms with E-state index in [2.05, 4.69) is 22.9 Å². The molecule has 1 rings (SSSR count). The van der Waals surface area contributed by atoms with Gasteiger partial charge in [0.2, 0.25) is 0 Å². The molecule has 0 amide bonds. The van der Waals surface area contributed by atoms with Crippen molar-refractivity contribution in [3.63, 3.8) is 0 Å². The number of hydrogen-bond acceptors (Lipinski definition) is 3. The van der Waals surface area contributed by atoms with Gasteiger partial charge in [0.05, 0.1) is 0 Å². The van der Waals surface area contributed by atoms with Gasteiger partial charge in [-0.25, -0.2) is 0 Å². The highest BCUT2D eigenvalue weighted by Crippen LogP contribution is 2.25. The summed E-state index contributed by atoms with van der Waals surface area (Å²) in [5.41, 5.74) is 6.36. The van der Waals surface area contributed by atoms with Gasteiger partial charge in [-0.1, -0.05) is 13.3 Å². The SMILES string of the molecule is CCCC(CN)C(=O)c1cscc1Br. The first-order valence-corrected chi connectivity index (χ1v) is 6.40. The average molecular weight is 276 g/mol. The van der Waals surface area contributed by atoms with E-state index < -0.39 is 0 Å². The van der Waals surface area contributed by atoms with Crippen LogP contribution in [0.3, 0.4) is 0 Å². The summed E-state index contributed by atoms with van der Waals surface area (Å²) in [6, 6.07) is 0. The molecule has 0 aliphatic heterocycles. The van der Waals surface area contributed by atoms with Crippen molar-refractivity contribution in [2.24, 2.45) is 11.7 Å². The normalized spacial score (nSPS) is 12.8. The van der Waals surface area contributed by atoms with Crippen molar-refractivity contribution in [2.75, 3.05) is 6.54 Å². The lowest BCUT2D eigenvalue weighted by molar-refractivity contribution is 0.0917. The number of rotatable bonds is 5. The molecular weight excluding hydrogens is 262 g/mol. The lowest BCUT2D eigenvalue weighted by atomic mass is 9.95. The van der Waals surface area contributed by atoms with Gasteiger partial charge >= 0.3 is 0 Å². The van der Waals surface area contributed by atoms with Gasteiger partial charge in [-0.2, -0.15) is 11.3 Å². The quantitative estimate of drug-likeness (QED) is 0.840.